The summed E-state index contributed by atoms with van der Waals surface area (Å²) in [7, 11) is -0.807. The molecule has 0 aliphatic rings. The fourth-order valence-electron chi connectivity index (χ4n) is 1.49. The van der Waals surface area contributed by atoms with Gasteiger partial charge < -0.3 is 10.3 Å². The highest BCUT2D eigenvalue weighted by atomic mass is 32.2. The Morgan fingerprint density at radius 3 is 2.78 bits per heavy atom. The second kappa shape index (κ2) is 7.16. The van der Waals surface area contributed by atoms with Crippen LogP contribution in [0.4, 0.5) is 0 Å². The molecule has 0 aliphatic heterocycles. The summed E-state index contributed by atoms with van der Waals surface area (Å²) in [6, 6.07) is 0.0496. The van der Waals surface area contributed by atoms with E-state index in [4.69, 9.17) is 12.2 Å². The number of nitrogens with one attached hydrogen (secondary N) is 2. The minimum atomic E-state index is -0.807. The number of hydrogen-bond acceptors (Lipinski definition) is 4. The molecule has 1 rings (SSSR count). The van der Waals surface area contributed by atoms with E-state index in [1.807, 2.05) is 13.8 Å². The normalized spacial score (nSPS) is 14.2. The number of rotatable bonds is 6. The standard InChI is InChI=1S/C11H18N2O2S3/c1-7(4-5-18(3)15)12-10(14)6-9-8(2)13-11(16)17-9/h7H,4-6H2,1-3H3,(H,12,14)(H,13,16). The molecule has 2 N–H and O–H groups in total. The van der Waals surface area contributed by atoms with E-state index in [9.17, 15) is 9.00 Å². The Labute approximate surface area is 119 Å². The second-order valence-electron chi connectivity index (χ2n) is 4.27. The van der Waals surface area contributed by atoms with Gasteiger partial charge in [0, 0.05) is 39.4 Å². The number of H-pyrrole nitrogens is 1. The van der Waals surface area contributed by atoms with Crippen molar-refractivity contribution in [3.63, 3.8) is 0 Å². The van der Waals surface area contributed by atoms with Crippen LogP contribution in [0, 0.1) is 10.9 Å². The molecule has 1 aromatic heterocycles. The summed E-state index contributed by atoms with van der Waals surface area (Å²) in [5.74, 6) is 0.599. The Kier molecular flexibility index (Phi) is 6.17. The first-order valence-corrected chi connectivity index (χ1v) is 8.61. The number of aromatic amines is 1. The van der Waals surface area contributed by atoms with Crippen molar-refractivity contribution >= 4 is 40.3 Å². The molecular weight excluding hydrogens is 288 g/mol. The van der Waals surface area contributed by atoms with Crippen molar-refractivity contribution in [1.82, 2.24) is 10.3 Å². The summed E-state index contributed by atoms with van der Waals surface area (Å²) in [6.07, 6.45) is 2.75. The first kappa shape index (κ1) is 15.5. The molecule has 1 aromatic rings. The zero-order valence-electron chi connectivity index (χ0n) is 10.7. The third-order valence-corrected chi connectivity index (χ3v) is 4.64. The highest BCUT2D eigenvalue weighted by Crippen LogP contribution is 2.15. The van der Waals surface area contributed by atoms with Gasteiger partial charge in [0.15, 0.2) is 3.95 Å². The molecule has 0 fully saturated rings. The van der Waals surface area contributed by atoms with Crippen molar-refractivity contribution < 1.29 is 9.00 Å². The van der Waals surface area contributed by atoms with Gasteiger partial charge in [-0.1, -0.05) is 0 Å². The quantitative estimate of drug-likeness (QED) is 0.790. The van der Waals surface area contributed by atoms with Gasteiger partial charge in [0.25, 0.3) is 0 Å². The zero-order chi connectivity index (χ0) is 13.7. The molecule has 18 heavy (non-hydrogen) atoms. The maximum absolute atomic E-state index is 11.8. The van der Waals surface area contributed by atoms with Gasteiger partial charge in [-0.15, -0.1) is 11.3 Å². The minimum absolute atomic E-state index is 0.0160. The molecule has 0 spiro atoms. The van der Waals surface area contributed by atoms with Crippen LogP contribution in [0.2, 0.25) is 0 Å². The van der Waals surface area contributed by atoms with E-state index >= 15 is 0 Å². The summed E-state index contributed by atoms with van der Waals surface area (Å²) >= 11 is 6.47. The third-order valence-electron chi connectivity index (χ3n) is 2.49. The van der Waals surface area contributed by atoms with E-state index in [0.717, 1.165) is 17.0 Å². The molecule has 0 aliphatic carbocycles. The number of carbonyl (C=O) groups is 1. The lowest BCUT2D eigenvalue weighted by molar-refractivity contribution is -0.121. The van der Waals surface area contributed by atoms with Gasteiger partial charge in [0.05, 0.1) is 6.42 Å². The summed E-state index contributed by atoms with van der Waals surface area (Å²) in [5, 5.41) is 2.91. The molecule has 0 aromatic carbocycles. The molecule has 4 nitrogen and oxygen atoms in total. The van der Waals surface area contributed by atoms with Crippen LogP contribution in [0.25, 0.3) is 0 Å². The van der Waals surface area contributed by atoms with Crippen molar-refractivity contribution in [2.24, 2.45) is 0 Å². The molecule has 0 saturated carbocycles. The SMILES string of the molecule is Cc1[nH]c(=S)sc1CC(=O)NC(C)CCS(C)=O. The van der Waals surface area contributed by atoms with Gasteiger partial charge >= 0.3 is 0 Å². The number of aryl methyl sites for hydroxylation is 1. The number of aromatic nitrogens is 1. The van der Waals surface area contributed by atoms with Crippen LogP contribution in [0.3, 0.4) is 0 Å². The van der Waals surface area contributed by atoms with Crippen molar-refractivity contribution in [2.45, 2.75) is 32.7 Å². The Hall–Kier alpha value is -0.530. The lowest BCUT2D eigenvalue weighted by Crippen LogP contribution is -2.34. The Bertz CT molecular complexity index is 493. The number of carbonyl (C=O) groups excluding carboxylic acids is 1. The lowest BCUT2D eigenvalue weighted by atomic mass is 10.2. The van der Waals surface area contributed by atoms with Gasteiger partial charge in [0.1, 0.15) is 0 Å². The molecule has 2 unspecified atom stereocenters. The lowest BCUT2D eigenvalue weighted by Gasteiger charge is -2.12. The van der Waals surface area contributed by atoms with Gasteiger partial charge in [-0.3, -0.25) is 9.00 Å². The number of thiazole rings is 1. The van der Waals surface area contributed by atoms with E-state index in [2.05, 4.69) is 10.3 Å². The summed E-state index contributed by atoms with van der Waals surface area (Å²) in [6.45, 7) is 3.84. The van der Waals surface area contributed by atoms with Crippen LogP contribution >= 0.6 is 23.6 Å². The van der Waals surface area contributed by atoms with E-state index in [1.54, 1.807) is 6.26 Å². The van der Waals surface area contributed by atoms with E-state index < -0.39 is 10.8 Å². The van der Waals surface area contributed by atoms with E-state index in [1.165, 1.54) is 11.3 Å². The molecule has 0 saturated heterocycles. The van der Waals surface area contributed by atoms with Gasteiger partial charge in [0.2, 0.25) is 5.91 Å². The van der Waals surface area contributed by atoms with Crippen LogP contribution in [0.5, 0.6) is 0 Å². The Balaban J connectivity index is 2.44. The van der Waals surface area contributed by atoms with Crippen LogP contribution < -0.4 is 5.32 Å². The predicted molar refractivity (Wildman–Crippen MR) is 79.1 cm³/mol. The van der Waals surface area contributed by atoms with Crippen LogP contribution in [0.1, 0.15) is 23.9 Å². The van der Waals surface area contributed by atoms with Gasteiger partial charge in [-0.05, 0) is 32.5 Å². The first-order valence-electron chi connectivity index (χ1n) is 5.66. The monoisotopic (exact) mass is 306 g/mol. The average Bonchev–Trinajstić information content (AvgIpc) is 2.54. The molecule has 102 valence electrons. The maximum atomic E-state index is 11.8. The van der Waals surface area contributed by atoms with Crippen LogP contribution in [-0.4, -0.2) is 33.2 Å². The highest BCUT2D eigenvalue weighted by Gasteiger charge is 2.11. The number of amides is 1. The molecule has 0 bridgehead atoms. The first-order chi connectivity index (χ1) is 8.38. The molecule has 1 amide bonds. The van der Waals surface area contributed by atoms with Crippen molar-refractivity contribution in [3.8, 4) is 0 Å². The fourth-order valence-corrected chi connectivity index (χ4v) is 3.47. The smallest absolute Gasteiger partial charge is 0.225 e. The van der Waals surface area contributed by atoms with Crippen molar-refractivity contribution in [3.05, 3.63) is 14.5 Å². The molecule has 2 atom stereocenters. The van der Waals surface area contributed by atoms with Gasteiger partial charge in [-0.2, -0.15) is 0 Å². The predicted octanol–water partition coefficient (Wildman–Crippen LogP) is 1.93. The fraction of sp³-hybridized carbons (Fsp3) is 0.636. The molecule has 1 heterocycles. The summed E-state index contributed by atoms with van der Waals surface area (Å²) < 4.78 is 11.7. The topological polar surface area (TPSA) is 62.0 Å². The number of hydrogen-bond donors (Lipinski definition) is 2. The van der Waals surface area contributed by atoms with E-state index in [-0.39, 0.29) is 11.9 Å². The van der Waals surface area contributed by atoms with Crippen LogP contribution in [0.15, 0.2) is 0 Å². The Morgan fingerprint density at radius 1 is 1.61 bits per heavy atom. The zero-order valence-corrected chi connectivity index (χ0v) is 13.2. The third kappa shape index (κ3) is 5.41. The van der Waals surface area contributed by atoms with Crippen LogP contribution in [-0.2, 0) is 22.0 Å². The molecular formula is C11H18N2O2S3. The molecule has 0 radical (unpaired) electrons. The average molecular weight is 306 g/mol. The maximum Gasteiger partial charge on any atom is 0.225 e. The second-order valence-corrected chi connectivity index (χ2v) is 7.60. The summed E-state index contributed by atoms with van der Waals surface area (Å²) in [5.41, 5.74) is 0.961. The minimum Gasteiger partial charge on any atom is -0.353 e. The molecule has 7 heteroatoms. The largest absolute Gasteiger partial charge is 0.353 e. The Morgan fingerprint density at radius 2 is 2.28 bits per heavy atom. The van der Waals surface area contributed by atoms with Gasteiger partial charge in [-0.25, -0.2) is 0 Å². The highest BCUT2D eigenvalue weighted by molar-refractivity contribution is 7.84. The van der Waals surface area contributed by atoms with Crippen molar-refractivity contribution in [2.75, 3.05) is 12.0 Å². The van der Waals surface area contributed by atoms with Crippen molar-refractivity contribution in [1.29, 1.82) is 0 Å². The van der Waals surface area contributed by atoms with E-state index in [0.29, 0.717) is 16.1 Å². The summed E-state index contributed by atoms with van der Waals surface area (Å²) in [4.78, 5) is 15.8.